The monoisotopic (exact) mass is 321 g/mol. The first-order chi connectivity index (χ1) is 11.6. The number of nitrogens with one attached hydrogen (secondary N) is 1. The van der Waals surface area contributed by atoms with Crippen LogP contribution in [0.5, 0.6) is 0 Å². The third-order valence-electron chi connectivity index (χ3n) is 4.54. The minimum absolute atomic E-state index is 0.634. The normalized spacial score (nSPS) is 19.7. The van der Waals surface area contributed by atoms with Gasteiger partial charge in [-0.3, -0.25) is 0 Å². The zero-order valence-electron chi connectivity index (χ0n) is 14.4. The van der Waals surface area contributed by atoms with E-state index in [9.17, 15) is 0 Å². The number of allylic oxidation sites excluding steroid dienone is 2. The van der Waals surface area contributed by atoms with Crippen molar-refractivity contribution in [1.82, 2.24) is 5.32 Å². The fourth-order valence-corrected chi connectivity index (χ4v) is 2.98. The van der Waals surface area contributed by atoms with Gasteiger partial charge in [-0.2, -0.15) is 0 Å². The molecule has 0 aromatic heterocycles. The topological polar surface area (TPSA) is 12.0 Å². The number of dihydropyridines is 1. The van der Waals surface area contributed by atoms with Crippen molar-refractivity contribution in [3.63, 3.8) is 0 Å². The third-order valence-corrected chi connectivity index (χ3v) is 4.54. The first kappa shape index (κ1) is 16.5. The molecule has 0 amide bonds. The predicted molar refractivity (Wildman–Crippen MR) is 99.3 cm³/mol. The molecule has 0 bridgehead atoms. The molecule has 1 aliphatic heterocycles. The van der Waals surface area contributed by atoms with Crippen molar-refractivity contribution < 1.29 is 4.39 Å². The summed E-state index contributed by atoms with van der Waals surface area (Å²) < 4.78 is 15.2. The highest BCUT2D eigenvalue weighted by molar-refractivity contribution is 5.75. The molecule has 2 aromatic carbocycles. The molecule has 1 aliphatic rings. The minimum Gasteiger partial charge on any atom is -0.352 e. The molecular formula is C22H24FN. The Balaban J connectivity index is 1.76. The highest BCUT2D eigenvalue weighted by Gasteiger charge is 2.29. The number of alkyl halides is 1. The van der Waals surface area contributed by atoms with Gasteiger partial charge in [-0.05, 0) is 41.2 Å². The molecule has 0 fully saturated rings. The van der Waals surface area contributed by atoms with Crippen molar-refractivity contribution >= 4 is 5.57 Å². The van der Waals surface area contributed by atoms with Crippen LogP contribution >= 0.6 is 0 Å². The van der Waals surface area contributed by atoms with Crippen LogP contribution in [-0.4, -0.2) is 0 Å². The summed E-state index contributed by atoms with van der Waals surface area (Å²) >= 11 is 0. The number of halogens is 1. The van der Waals surface area contributed by atoms with Crippen molar-refractivity contribution in [2.75, 3.05) is 0 Å². The summed E-state index contributed by atoms with van der Waals surface area (Å²) in [5.74, 6) is -1.64. The molecule has 0 spiro atoms. The molecule has 1 heterocycles. The first-order valence-electron chi connectivity index (χ1n) is 8.69. The van der Waals surface area contributed by atoms with E-state index < -0.39 is 5.79 Å². The fourth-order valence-electron chi connectivity index (χ4n) is 2.98. The third kappa shape index (κ3) is 3.43. The van der Waals surface area contributed by atoms with Crippen molar-refractivity contribution in [1.29, 1.82) is 0 Å². The molecule has 1 atom stereocenters. The maximum Gasteiger partial charge on any atom is 0.225 e. The number of benzene rings is 2. The van der Waals surface area contributed by atoms with Gasteiger partial charge >= 0.3 is 0 Å². The van der Waals surface area contributed by atoms with Gasteiger partial charge in [0.2, 0.25) is 5.79 Å². The van der Waals surface area contributed by atoms with E-state index in [1.807, 2.05) is 30.3 Å². The second-order valence-corrected chi connectivity index (χ2v) is 6.29. The van der Waals surface area contributed by atoms with Gasteiger partial charge < -0.3 is 5.32 Å². The summed E-state index contributed by atoms with van der Waals surface area (Å²) in [6.45, 7) is 4.29. The zero-order chi connectivity index (χ0) is 17.0. The van der Waals surface area contributed by atoms with Crippen molar-refractivity contribution in [3.05, 3.63) is 89.1 Å². The Morgan fingerprint density at radius 1 is 0.917 bits per heavy atom. The highest BCUT2D eigenvalue weighted by Crippen LogP contribution is 2.31. The molecule has 124 valence electrons. The summed E-state index contributed by atoms with van der Waals surface area (Å²) in [4.78, 5) is 0. The maximum atomic E-state index is 15.2. The smallest absolute Gasteiger partial charge is 0.225 e. The van der Waals surface area contributed by atoms with Crippen LogP contribution in [-0.2, 0) is 18.6 Å². The van der Waals surface area contributed by atoms with E-state index in [-0.39, 0.29) is 0 Å². The molecule has 1 unspecified atom stereocenters. The van der Waals surface area contributed by atoms with E-state index in [1.165, 1.54) is 11.1 Å². The Hall–Kier alpha value is -2.35. The number of hydrogen-bond donors (Lipinski definition) is 1. The average molecular weight is 321 g/mol. The van der Waals surface area contributed by atoms with Crippen LogP contribution in [0.4, 0.5) is 4.39 Å². The predicted octanol–water partition coefficient (Wildman–Crippen LogP) is 5.52. The van der Waals surface area contributed by atoms with Crippen molar-refractivity contribution in [3.8, 4) is 0 Å². The summed E-state index contributed by atoms with van der Waals surface area (Å²) in [7, 11) is 0. The first-order valence-corrected chi connectivity index (χ1v) is 8.69. The van der Waals surface area contributed by atoms with Gasteiger partial charge in [-0.25, -0.2) is 4.39 Å². The Morgan fingerprint density at radius 3 is 2.12 bits per heavy atom. The molecule has 24 heavy (non-hydrogen) atoms. The summed E-state index contributed by atoms with van der Waals surface area (Å²) in [6, 6.07) is 16.2. The lowest BCUT2D eigenvalue weighted by molar-refractivity contribution is 0.200. The molecule has 0 aliphatic carbocycles. The van der Waals surface area contributed by atoms with E-state index >= 15 is 4.39 Å². The fraction of sp³-hybridized carbons (Fsp3) is 0.273. The highest BCUT2D eigenvalue weighted by atomic mass is 19.1. The van der Waals surface area contributed by atoms with E-state index in [1.54, 1.807) is 12.3 Å². The Bertz CT molecular complexity index is 741. The Kier molecular flexibility index (Phi) is 4.84. The van der Waals surface area contributed by atoms with E-state index in [2.05, 4.69) is 43.4 Å². The lowest BCUT2D eigenvalue weighted by Gasteiger charge is -2.27. The number of rotatable bonds is 5. The van der Waals surface area contributed by atoms with Crippen LogP contribution in [0.15, 0.2) is 66.9 Å². The summed E-state index contributed by atoms with van der Waals surface area (Å²) in [5.41, 5.74) is 5.27. The molecule has 3 rings (SSSR count). The second kappa shape index (κ2) is 7.04. The van der Waals surface area contributed by atoms with Gasteiger partial charge in [-0.15, -0.1) is 0 Å². The Labute approximate surface area is 143 Å². The molecule has 0 radical (unpaired) electrons. The number of hydrogen-bond acceptors (Lipinski definition) is 1. The van der Waals surface area contributed by atoms with E-state index in [0.29, 0.717) is 5.56 Å². The lowest BCUT2D eigenvalue weighted by atomic mass is 9.96. The Morgan fingerprint density at radius 2 is 1.58 bits per heavy atom. The van der Waals surface area contributed by atoms with Crippen molar-refractivity contribution in [2.24, 2.45) is 0 Å². The summed E-state index contributed by atoms with van der Waals surface area (Å²) in [6.07, 6.45) is 8.38. The average Bonchev–Trinajstić information content (AvgIpc) is 2.63. The number of aryl methyl sites for hydroxylation is 2. The van der Waals surface area contributed by atoms with Gasteiger partial charge in [0, 0.05) is 11.8 Å². The van der Waals surface area contributed by atoms with Crippen LogP contribution in [0, 0.1) is 0 Å². The molecular weight excluding hydrogens is 297 g/mol. The van der Waals surface area contributed by atoms with Crippen molar-refractivity contribution in [2.45, 2.75) is 38.9 Å². The van der Waals surface area contributed by atoms with Crippen LogP contribution in [0.1, 0.15) is 42.5 Å². The lowest BCUT2D eigenvalue weighted by Crippen LogP contribution is -2.34. The standard InChI is InChI=1S/C22H24FN/c1-3-5-18-8-12-21(13-9-18)22(23)15-14-20(16-24-22)19-10-6-17(4-2)7-11-19/h6-16,24H,3-5H2,1-2H3. The maximum absolute atomic E-state index is 15.2. The van der Waals surface area contributed by atoms with Gasteiger partial charge in [0.05, 0.1) is 0 Å². The van der Waals surface area contributed by atoms with E-state index in [0.717, 1.165) is 30.4 Å². The van der Waals surface area contributed by atoms with Crippen LogP contribution in [0.2, 0.25) is 0 Å². The summed E-state index contributed by atoms with van der Waals surface area (Å²) in [5, 5.41) is 2.92. The quantitative estimate of drug-likeness (QED) is 0.715. The van der Waals surface area contributed by atoms with Gasteiger partial charge in [-0.1, -0.05) is 74.9 Å². The van der Waals surface area contributed by atoms with Gasteiger partial charge in [0.15, 0.2) is 0 Å². The largest absolute Gasteiger partial charge is 0.352 e. The van der Waals surface area contributed by atoms with Gasteiger partial charge in [0.1, 0.15) is 0 Å². The molecule has 0 saturated carbocycles. The molecule has 1 nitrogen and oxygen atoms in total. The minimum atomic E-state index is -1.64. The second-order valence-electron chi connectivity index (χ2n) is 6.29. The molecule has 0 saturated heterocycles. The molecule has 1 N–H and O–H groups in total. The zero-order valence-corrected chi connectivity index (χ0v) is 14.4. The molecule has 2 aromatic rings. The van der Waals surface area contributed by atoms with Gasteiger partial charge in [0.25, 0.3) is 0 Å². The van der Waals surface area contributed by atoms with Crippen LogP contribution in [0.3, 0.4) is 0 Å². The SMILES string of the molecule is CCCc1ccc(C2(F)C=CC(c3ccc(CC)cc3)=CN2)cc1. The molecule has 2 heteroatoms. The van der Waals surface area contributed by atoms with E-state index in [4.69, 9.17) is 0 Å². The van der Waals surface area contributed by atoms with Crippen LogP contribution < -0.4 is 5.32 Å². The van der Waals surface area contributed by atoms with Crippen LogP contribution in [0.25, 0.3) is 5.57 Å².